The molecule has 0 radical (unpaired) electrons. The summed E-state index contributed by atoms with van der Waals surface area (Å²) in [6.45, 7) is -0.0334. The van der Waals surface area contributed by atoms with E-state index in [1.807, 2.05) is 24.3 Å². The molecule has 0 atom stereocenters. The maximum atomic E-state index is 12.6. The van der Waals surface area contributed by atoms with E-state index in [0.29, 0.717) is 23.0 Å². The number of ether oxygens (including phenoxy) is 2. The lowest BCUT2D eigenvalue weighted by Crippen LogP contribution is -2.12. The van der Waals surface area contributed by atoms with Crippen LogP contribution < -0.4 is 9.47 Å². The predicted octanol–water partition coefficient (Wildman–Crippen LogP) is 4.54. The van der Waals surface area contributed by atoms with Crippen LogP contribution in [0.5, 0.6) is 11.5 Å². The summed E-state index contributed by atoms with van der Waals surface area (Å²) in [5.41, 5.74) is 1.24. The first-order chi connectivity index (χ1) is 12.5. The van der Waals surface area contributed by atoms with E-state index in [2.05, 4.69) is 21.0 Å². The summed E-state index contributed by atoms with van der Waals surface area (Å²) in [6.07, 6.45) is 0. The average Bonchev–Trinajstić information content (AvgIpc) is 3.02. The van der Waals surface area contributed by atoms with Crippen LogP contribution in [-0.4, -0.2) is 29.8 Å². The second-order valence-corrected chi connectivity index (χ2v) is 6.60. The molecule has 0 aliphatic carbocycles. The number of carbonyl (C=O) groups excluding carboxylic acids is 1. The lowest BCUT2D eigenvalue weighted by Gasteiger charge is -2.08. The molecule has 0 spiro atoms. The van der Waals surface area contributed by atoms with Crippen LogP contribution in [0.3, 0.4) is 0 Å². The lowest BCUT2D eigenvalue weighted by atomic mass is 10.1. The first-order valence-corrected chi connectivity index (χ1v) is 8.81. The van der Waals surface area contributed by atoms with Gasteiger partial charge in [0.05, 0.1) is 14.2 Å². The van der Waals surface area contributed by atoms with Crippen molar-refractivity contribution < 1.29 is 18.7 Å². The summed E-state index contributed by atoms with van der Waals surface area (Å²) >= 11 is 8.56. The van der Waals surface area contributed by atoms with Gasteiger partial charge in [-0.1, -0.05) is 15.9 Å². The summed E-state index contributed by atoms with van der Waals surface area (Å²) in [4.78, 5) is 12.7. The number of halogens is 1. The predicted molar refractivity (Wildman–Crippen MR) is 102 cm³/mol. The minimum Gasteiger partial charge on any atom is -0.493 e. The number of rotatable bonds is 6. The van der Waals surface area contributed by atoms with Gasteiger partial charge in [0.25, 0.3) is 4.84 Å². The molecule has 0 aliphatic rings. The SMILES string of the molecule is COc1ccc(C(=O)Cn2nc(-c3ccc(Br)cc3)oc2=S)cc1OC. The Morgan fingerprint density at radius 1 is 1.15 bits per heavy atom. The molecule has 6 nitrogen and oxygen atoms in total. The summed E-state index contributed by atoms with van der Waals surface area (Å²) in [5, 5.41) is 4.31. The fourth-order valence-electron chi connectivity index (χ4n) is 2.35. The van der Waals surface area contributed by atoms with E-state index in [1.54, 1.807) is 18.2 Å². The molecule has 0 amide bonds. The first-order valence-electron chi connectivity index (χ1n) is 7.61. The highest BCUT2D eigenvalue weighted by molar-refractivity contribution is 9.10. The molecule has 2 aromatic carbocycles. The van der Waals surface area contributed by atoms with E-state index in [4.69, 9.17) is 26.1 Å². The number of hydrogen-bond donors (Lipinski definition) is 0. The van der Waals surface area contributed by atoms with Crippen LogP contribution in [-0.2, 0) is 6.54 Å². The Balaban J connectivity index is 1.84. The second kappa shape index (κ2) is 7.84. The fourth-order valence-corrected chi connectivity index (χ4v) is 2.80. The number of hydrogen-bond acceptors (Lipinski definition) is 6. The maximum absolute atomic E-state index is 12.6. The highest BCUT2D eigenvalue weighted by Crippen LogP contribution is 2.28. The number of nitrogens with zero attached hydrogens (tertiary/aromatic N) is 2. The van der Waals surface area contributed by atoms with Crippen LogP contribution in [0, 0.1) is 4.84 Å². The summed E-state index contributed by atoms with van der Waals surface area (Å²) in [7, 11) is 3.06. The lowest BCUT2D eigenvalue weighted by molar-refractivity contribution is 0.0965. The zero-order chi connectivity index (χ0) is 18.7. The smallest absolute Gasteiger partial charge is 0.287 e. The van der Waals surface area contributed by atoms with Gasteiger partial charge in [-0.3, -0.25) is 4.79 Å². The Labute approximate surface area is 163 Å². The van der Waals surface area contributed by atoms with Crippen molar-refractivity contribution in [3.63, 3.8) is 0 Å². The molecule has 0 aliphatic heterocycles. The number of ketones is 1. The van der Waals surface area contributed by atoms with Gasteiger partial charge in [-0.2, -0.15) is 0 Å². The van der Waals surface area contributed by atoms with Crippen LogP contribution in [0.4, 0.5) is 0 Å². The van der Waals surface area contributed by atoms with E-state index >= 15 is 0 Å². The Morgan fingerprint density at radius 3 is 2.50 bits per heavy atom. The van der Waals surface area contributed by atoms with Crippen LogP contribution in [0.25, 0.3) is 11.5 Å². The third-order valence-electron chi connectivity index (χ3n) is 3.70. The molecule has 134 valence electrons. The van der Waals surface area contributed by atoms with Gasteiger partial charge in [0.2, 0.25) is 5.89 Å². The van der Waals surface area contributed by atoms with Crippen LogP contribution in [0.1, 0.15) is 10.4 Å². The molecule has 8 heteroatoms. The number of methoxy groups -OCH3 is 2. The Kier molecular flexibility index (Phi) is 5.53. The van der Waals surface area contributed by atoms with Gasteiger partial charge in [0.1, 0.15) is 6.54 Å². The molecule has 3 aromatic rings. The van der Waals surface area contributed by atoms with Crippen molar-refractivity contribution >= 4 is 33.9 Å². The van der Waals surface area contributed by atoms with Gasteiger partial charge in [0, 0.05) is 15.6 Å². The van der Waals surface area contributed by atoms with Crippen LogP contribution in [0.15, 0.2) is 51.4 Å². The molecule has 1 heterocycles. The van der Waals surface area contributed by atoms with Gasteiger partial charge < -0.3 is 13.9 Å². The molecular formula is C18H15BrN2O4S. The minimum absolute atomic E-state index is 0.0334. The standard InChI is InChI=1S/C18H15BrN2O4S/c1-23-15-8-5-12(9-16(15)24-2)14(22)10-21-18(26)25-17(20-21)11-3-6-13(19)7-4-11/h3-9H,10H2,1-2H3. The molecular weight excluding hydrogens is 420 g/mol. The normalized spacial score (nSPS) is 10.6. The van der Waals surface area contributed by atoms with Crippen LogP contribution in [0.2, 0.25) is 0 Å². The first kappa shape index (κ1) is 18.3. The summed E-state index contributed by atoms with van der Waals surface area (Å²) in [5.74, 6) is 1.23. The molecule has 0 bridgehead atoms. The van der Waals surface area contributed by atoms with Crippen molar-refractivity contribution in [1.29, 1.82) is 0 Å². The molecule has 0 saturated carbocycles. The maximum Gasteiger partial charge on any atom is 0.287 e. The van der Waals surface area contributed by atoms with Gasteiger partial charge in [-0.05, 0) is 54.7 Å². The monoisotopic (exact) mass is 434 g/mol. The van der Waals surface area contributed by atoms with E-state index in [9.17, 15) is 4.79 Å². The van der Waals surface area contributed by atoms with Crippen molar-refractivity contribution in [1.82, 2.24) is 9.78 Å². The van der Waals surface area contributed by atoms with Crippen molar-refractivity contribution in [3.8, 4) is 23.0 Å². The van der Waals surface area contributed by atoms with Crippen molar-refractivity contribution in [2.75, 3.05) is 14.2 Å². The van der Waals surface area contributed by atoms with Gasteiger partial charge >= 0.3 is 0 Å². The van der Waals surface area contributed by atoms with E-state index in [0.717, 1.165) is 10.0 Å². The average molecular weight is 435 g/mol. The zero-order valence-electron chi connectivity index (χ0n) is 14.1. The molecule has 0 saturated heterocycles. The van der Waals surface area contributed by atoms with Crippen molar-refractivity contribution in [2.45, 2.75) is 6.54 Å². The molecule has 26 heavy (non-hydrogen) atoms. The number of aromatic nitrogens is 2. The van der Waals surface area contributed by atoms with E-state index in [-0.39, 0.29) is 17.2 Å². The summed E-state index contributed by atoms with van der Waals surface area (Å²) < 4.78 is 18.2. The Morgan fingerprint density at radius 2 is 1.85 bits per heavy atom. The Bertz CT molecular complexity index is 995. The summed E-state index contributed by atoms with van der Waals surface area (Å²) in [6, 6.07) is 12.4. The number of benzene rings is 2. The highest BCUT2D eigenvalue weighted by Gasteiger charge is 2.15. The molecule has 3 rings (SSSR count). The third kappa shape index (κ3) is 3.86. The van der Waals surface area contributed by atoms with Crippen molar-refractivity contribution in [3.05, 3.63) is 57.3 Å². The molecule has 0 N–H and O–H groups in total. The van der Waals surface area contributed by atoms with E-state index in [1.165, 1.54) is 18.9 Å². The van der Waals surface area contributed by atoms with E-state index < -0.39 is 0 Å². The van der Waals surface area contributed by atoms with Gasteiger partial charge in [-0.25, -0.2) is 4.68 Å². The Hall–Kier alpha value is -2.45. The largest absolute Gasteiger partial charge is 0.493 e. The molecule has 0 fully saturated rings. The van der Waals surface area contributed by atoms with Gasteiger partial charge in [-0.15, -0.1) is 5.10 Å². The van der Waals surface area contributed by atoms with Crippen molar-refractivity contribution in [2.24, 2.45) is 0 Å². The molecule has 1 aromatic heterocycles. The minimum atomic E-state index is -0.169. The number of carbonyl (C=O) groups is 1. The molecule has 0 unspecified atom stereocenters. The second-order valence-electron chi connectivity index (χ2n) is 5.33. The number of Topliss-reactive ketones (excluding diaryl/α,β-unsaturated/α-hetero) is 1. The topological polar surface area (TPSA) is 66.5 Å². The third-order valence-corrected chi connectivity index (χ3v) is 4.52. The van der Waals surface area contributed by atoms with Gasteiger partial charge in [0.15, 0.2) is 17.3 Å². The fraction of sp³-hybridized carbons (Fsp3) is 0.167. The van der Waals surface area contributed by atoms with Crippen LogP contribution >= 0.6 is 28.1 Å². The quantitative estimate of drug-likeness (QED) is 0.419. The zero-order valence-corrected chi connectivity index (χ0v) is 16.5. The highest BCUT2D eigenvalue weighted by atomic mass is 79.9.